The van der Waals surface area contributed by atoms with Gasteiger partial charge in [-0.05, 0) is 81.6 Å². The lowest BCUT2D eigenvalue weighted by Crippen LogP contribution is -2.32. The number of anilines is 1. The van der Waals surface area contributed by atoms with Gasteiger partial charge in [0, 0.05) is 41.0 Å². The van der Waals surface area contributed by atoms with Crippen LogP contribution in [0.15, 0.2) is 48.5 Å². The summed E-state index contributed by atoms with van der Waals surface area (Å²) in [7, 11) is 4.21. The van der Waals surface area contributed by atoms with E-state index in [0.29, 0.717) is 28.8 Å². The first-order valence-corrected chi connectivity index (χ1v) is 14.2. The molecule has 8 nitrogen and oxygen atoms in total. The van der Waals surface area contributed by atoms with Crippen molar-refractivity contribution in [1.29, 1.82) is 10.8 Å². The average molecular weight is 543 g/mol. The number of amides is 2. The van der Waals surface area contributed by atoms with Crippen molar-refractivity contribution in [2.24, 2.45) is 0 Å². The first kappa shape index (κ1) is 26.9. The molecule has 9 heteroatoms. The van der Waals surface area contributed by atoms with E-state index in [4.69, 9.17) is 15.8 Å². The lowest BCUT2D eigenvalue weighted by Gasteiger charge is -2.27. The van der Waals surface area contributed by atoms with E-state index in [9.17, 15) is 9.59 Å². The number of carbonyl (C=O) groups excluding carboxylic acids is 2. The zero-order valence-corrected chi connectivity index (χ0v) is 23.1. The Kier molecular flexibility index (Phi) is 7.99. The van der Waals surface area contributed by atoms with Gasteiger partial charge < -0.3 is 20.6 Å². The van der Waals surface area contributed by atoms with Crippen LogP contribution in [0.2, 0.25) is 0 Å². The van der Waals surface area contributed by atoms with Crippen LogP contribution in [0.1, 0.15) is 73.6 Å². The molecule has 39 heavy (non-hydrogen) atoms. The molecule has 2 aliphatic rings. The summed E-state index contributed by atoms with van der Waals surface area (Å²) in [6.45, 7) is 0.640. The predicted octanol–water partition coefficient (Wildman–Crippen LogP) is 5.17. The summed E-state index contributed by atoms with van der Waals surface area (Å²) in [5, 5.41) is 18.8. The first-order chi connectivity index (χ1) is 18.9. The Labute approximate surface area is 233 Å². The van der Waals surface area contributed by atoms with Gasteiger partial charge in [-0.15, -0.1) is 11.3 Å². The van der Waals surface area contributed by atoms with Crippen molar-refractivity contribution in [3.63, 3.8) is 0 Å². The number of hydrogen-bond acceptors (Lipinski definition) is 7. The second-order valence-corrected chi connectivity index (χ2v) is 11.6. The molecule has 0 saturated carbocycles. The number of fused-ring (bicyclic) bond motifs is 1. The Hall–Kier alpha value is -3.69. The normalized spacial score (nSPS) is 19.4. The monoisotopic (exact) mass is 542 g/mol. The fourth-order valence-corrected chi connectivity index (χ4v) is 6.62. The smallest absolute Gasteiger partial charge is 0.257 e. The zero-order chi connectivity index (χ0) is 27.5. The Morgan fingerprint density at radius 3 is 2.64 bits per heavy atom. The fourth-order valence-electron chi connectivity index (χ4n) is 5.55. The molecular weight excluding hydrogens is 508 g/mol. The number of benzene rings is 2. The maximum atomic E-state index is 13.5. The minimum Gasteiger partial charge on any atom is -0.332 e. The molecule has 1 aliphatic heterocycles. The van der Waals surface area contributed by atoms with Gasteiger partial charge in [0.05, 0.1) is 17.7 Å². The molecule has 2 amide bonds. The van der Waals surface area contributed by atoms with Gasteiger partial charge in [0.25, 0.3) is 11.8 Å². The summed E-state index contributed by atoms with van der Waals surface area (Å²) in [6.07, 6.45) is 7.08. The molecule has 1 aliphatic carbocycles. The van der Waals surface area contributed by atoms with Crippen molar-refractivity contribution >= 4 is 40.7 Å². The lowest BCUT2D eigenvalue weighted by atomic mass is 9.97. The molecule has 1 fully saturated rings. The third-order valence-electron chi connectivity index (χ3n) is 7.79. The highest BCUT2D eigenvalue weighted by molar-refractivity contribution is 7.15. The van der Waals surface area contributed by atoms with Gasteiger partial charge in [-0.1, -0.05) is 24.3 Å². The Morgan fingerprint density at radius 2 is 1.87 bits per heavy atom. The van der Waals surface area contributed by atoms with Crippen molar-refractivity contribution in [2.45, 2.75) is 50.1 Å². The first-order valence-electron chi connectivity index (χ1n) is 13.4. The maximum Gasteiger partial charge on any atom is 0.257 e. The van der Waals surface area contributed by atoms with Crippen molar-refractivity contribution in [3.8, 4) is 0 Å². The van der Waals surface area contributed by atoms with Crippen molar-refractivity contribution in [3.05, 3.63) is 81.4 Å². The Bertz CT molecular complexity index is 1390. The van der Waals surface area contributed by atoms with Crippen LogP contribution >= 0.6 is 11.3 Å². The van der Waals surface area contributed by atoms with Crippen LogP contribution in [0.5, 0.6) is 0 Å². The molecule has 1 aromatic heterocycles. The lowest BCUT2D eigenvalue weighted by molar-refractivity contribution is 0.0735. The van der Waals surface area contributed by atoms with E-state index < -0.39 is 5.92 Å². The van der Waals surface area contributed by atoms with Crippen LogP contribution in [-0.4, -0.2) is 65.7 Å². The Balaban J connectivity index is 1.31. The number of nitrogens with one attached hydrogen (secondary N) is 3. The summed E-state index contributed by atoms with van der Waals surface area (Å²) in [4.78, 5) is 36.8. The summed E-state index contributed by atoms with van der Waals surface area (Å²) < 4.78 is 0. The van der Waals surface area contributed by atoms with E-state index in [-0.39, 0.29) is 17.9 Å². The fraction of sp³-hybridized carbons (Fsp3) is 0.367. The molecule has 3 aromatic rings. The molecule has 2 unspecified atom stereocenters. The van der Waals surface area contributed by atoms with Crippen LogP contribution in [0, 0.1) is 10.8 Å². The summed E-state index contributed by atoms with van der Waals surface area (Å²) >= 11 is 1.57. The maximum absolute atomic E-state index is 13.5. The number of aryl methyl sites for hydroxylation is 1. The van der Waals surface area contributed by atoms with E-state index in [0.717, 1.165) is 48.9 Å². The number of thiazole rings is 1. The highest BCUT2D eigenvalue weighted by Crippen LogP contribution is 2.35. The predicted molar refractivity (Wildman–Crippen MR) is 156 cm³/mol. The quantitative estimate of drug-likeness (QED) is 0.341. The minimum atomic E-state index is -0.444. The molecular formula is C30H34N6O2S. The highest BCUT2D eigenvalue weighted by atomic mass is 32.1. The SMILES string of the molecule is CN(C)C1CCc2nc(NC(=O)c3cccc(C4CCCN4C(=O)c4cccc(C(C=N)C=N)c4)c3)sc2C1. The number of hydrogen-bond donors (Lipinski definition) is 3. The van der Waals surface area contributed by atoms with Gasteiger partial charge in [-0.3, -0.25) is 14.9 Å². The van der Waals surface area contributed by atoms with Gasteiger partial charge in [0.1, 0.15) is 0 Å². The summed E-state index contributed by atoms with van der Waals surface area (Å²) in [6, 6.07) is 15.1. The van der Waals surface area contributed by atoms with Gasteiger partial charge >= 0.3 is 0 Å². The van der Waals surface area contributed by atoms with Crippen molar-refractivity contribution in [2.75, 3.05) is 26.0 Å². The average Bonchev–Trinajstić information content (AvgIpc) is 3.60. The zero-order valence-electron chi connectivity index (χ0n) is 22.3. The molecule has 0 radical (unpaired) electrons. The highest BCUT2D eigenvalue weighted by Gasteiger charge is 2.31. The number of rotatable bonds is 8. The van der Waals surface area contributed by atoms with Crippen LogP contribution in [0.4, 0.5) is 5.13 Å². The van der Waals surface area contributed by atoms with Gasteiger partial charge in [0.15, 0.2) is 5.13 Å². The summed E-state index contributed by atoms with van der Waals surface area (Å²) in [5.74, 6) is -0.715. The van der Waals surface area contributed by atoms with E-state index in [1.807, 2.05) is 29.2 Å². The number of likely N-dealkylation sites (N-methyl/N-ethyl adjacent to an activating group) is 1. The van der Waals surface area contributed by atoms with Crippen LogP contribution in [-0.2, 0) is 12.8 Å². The van der Waals surface area contributed by atoms with E-state index >= 15 is 0 Å². The van der Waals surface area contributed by atoms with Crippen molar-refractivity contribution in [1.82, 2.24) is 14.8 Å². The molecule has 0 bridgehead atoms. The summed E-state index contributed by atoms with van der Waals surface area (Å²) in [5.41, 5.74) is 3.88. The second-order valence-electron chi connectivity index (χ2n) is 10.5. The van der Waals surface area contributed by atoms with Gasteiger partial charge in [-0.2, -0.15) is 0 Å². The molecule has 5 rings (SSSR count). The number of aromatic nitrogens is 1. The molecule has 202 valence electrons. The van der Waals surface area contributed by atoms with E-state index in [2.05, 4.69) is 24.3 Å². The Morgan fingerprint density at radius 1 is 1.10 bits per heavy atom. The third kappa shape index (κ3) is 5.69. The second kappa shape index (κ2) is 11.6. The van der Waals surface area contributed by atoms with Crippen LogP contribution in [0.3, 0.4) is 0 Å². The largest absolute Gasteiger partial charge is 0.332 e. The molecule has 1 saturated heterocycles. The van der Waals surface area contributed by atoms with Gasteiger partial charge in [0.2, 0.25) is 0 Å². The van der Waals surface area contributed by atoms with E-state index in [1.165, 1.54) is 17.3 Å². The minimum absolute atomic E-state index is 0.0766. The van der Waals surface area contributed by atoms with Crippen molar-refractivity contribution < 1.29 is 9.59 Å². The number of likely N-dealkylation sites (tertiary alicyclic amines) is 1. The molecule has 2 aromatic carbocycles. The van der Waals surface area contributed by atoms with Crippen LogP contribution in [0.25, 0.3) is 0 Å². The molecule has 3 N–H and O–H groups in total. The molecule has 2 heterocycles. The van der Waals surface area contributed by atoms with E-state index in [1.54, 1.807) is 35.6 Å². The van der Waals surface area contributed by atoms with Crippen LogP contribution < -0.4 is 5.32 Å². The number of nitrogens with zero attached hydrogens (tertiary/aromatic N) is 3. The standard InChI is InChI=1S/C30H34N6O2S/c1-35(2)24-11-12-25-27(16-24)39-30(33-25)34-28(37)21-8-4-7-20(15-21)26-10-5-13-36(26)29(38)22-9-3-6-19(14-22)23(17-31)18-32/h3-4,6-9,14-15,17-18,23-24,26,31-32H,5,10-13,16H2,1-2H3,(H,33,34,37). The topological polar surface area (TPSA) is 113 Å². The molecule has 0 spiro atoms. The van der Waals surface area contributed by atoms with Gasteiger partial charge in [-0.25, -0.2) is 4.98 Å². The molecule has 2 atom stereocenters. The third-order valence-corrected chi connectivity index (χ3v) is 8.82. The number of carbonyl (C=O) groups is 2.